The highest BCUT2D eigenvalue weighted by Gasteiger charge is 2.14. The Hall–Kier alpha value is -0.700. The summed E-state index contributed by atoms with van der Waals surface area (Å²) in [5.41, 5.74) is 0. The fourth-order valence-corrected chi connectivity index (χ4v) is 2.46. The fraction of sp³-hybridized carbons (Fsp3) is 0.444. The highest BCUT2D eigenvalue weighted by molar-refractivity contribution is 7.99. The van der Waals surface area contributed by atoms with E-state index in [2.05, 4.69) is 10.3 Å². The van der Waals surface area contributed by atoms with Crippen molar-refractivity contribution < 1.29 is 0 Å². The molecule has 2 rings (SSSR count). The number of nitrogens with zero attached hydrogens (tertiary/aromatic N) is 1. The average Bonchev–Trinajstić information content (AvgIpc) is 2.59. The van der Waals surface area contributed by atoms with E-state index >= 15 is 0 Å². The van der Waals surface area contributed by atoms with Gasteiger partial charge in [-0.1, -0.05) is 6.07 Å². The molecule has 0 amide bonds. The molecule has 0 spiro atoms. The SMILES string of the molecule is c1ccc(NC2CCSC2)nc1. The average molecular weight is 180 g/mol. The highest BCUT2D eigenvalue weighted by Crippen LogP contribution is 2.19. The highest BCUT2D eigenvalue weighted by atomic mass is 32.2. The fourth-order valence-electron chi connectivity index (χ4n) is 1.31. The van der Waals surface area contributed by atoms with E-state index in [4.69, 9.17) is 0 Å². The maximum absolute atomic E-state index is 4.22. The van der Waals surface area contributed by atoms with Gasteiger partial charge in [0.2, 0.25) is 0 Å². The lowest BCUT2D eigenvalue weighted by Crippen LogP contribution is -2.18. The van der Waals surface area contributed by atoms with E-state index in [0.717, 1.165) is 5.82 Å². The van der Waals surface area contributed by atoms with Crippen LogP contribution in [0.4, 0.5) is 5.82 Å². The van der Waals surface area contributed by atoms with Gasteiger partial charge in [-0.05, 0) is 24.3 Å². The van der Waals surface area contributed by atoms with Crippen LogP contribution in [0.1, 0.15) is 6.42 Å². The number of hydrogen-bond acceptors (Lipinski definition) is 3. The van der Waals surface area contributed by atoms with Gasteiger partial charge in [0.05, 0.1) is 0 Å². The van der Waals surface area contributed by atoms with E-state index in [0.29, 0.717) is 6.04 Å². The number of anilines is 1. The van der Waals surface area contributed by atoms with E-state index in [9.17, 15) is 0 Å². The molecule has 64 valence electrons. The number of rotatable bonds is 2. The summed E-state index contributed by atoms with van der Waals surface area (Å²) >= 11 is 2.01. The molecule has 0 aromatic carbocycles. The first kappa shape index (κ1) is 7.92. The van der Waals surface area contributed by atoms with E-state index in [1.54, 1.807) is 0 Å². The van der Waals surface area contributed by atoms with Gasteiger partial charge in [0.1, 0.15) is 5.82 Å². The van der Waals surface area contributed by atoms with Crippen molar-refractivity contribution in [2.75, 3.05) is 16.8 Å². The molecule has 0 saturated carbocycles. The van der Waals surface area contributed by atoms with Gasteiger partial charge in [0.25, 0.3) is 0 Å². The van der Waals surface area contributed by atoms with Crippen molar-refractivity contribution >= 4 is 17.6 Å². The van der Waals surface area contributed by atoms with Gasteiger partial charge >= 0.3 is 0 Å². The lowest BCUT2D eigenvalue weighted by atomic mass is 10.2. The quantitative estimate of drug-likeness (QED) is 0.753. The molecule has 0 aliphatic carbocycles. The first-order valence-electron chi connectivity index (χ1n) is 4.20. The molecule has 12 heavy (non-hydrogen) atoms. The Morgan fingerprint density at radius 1 is 1.50 bits per heavy atom. The van der Waals surface area contributed by atoms with Crippen molar-refractivity contribution in [3.8, 4) is 0 Å². The molecule has 0 radical (unpaired) electrons. The van der Waals surface area contributed by atoms with Crippen LogP contribution < -0.4 is 5.32 Å². The minimum atomic E-state index is 0.630. The van der Waals surface area contributed by atoms with Crippen LogP contribution in [0.15, 0.2) is 24.4 Å². The third-order valence-corrected chi connectivity index (χ3v) is 3.11. The summed E-state index contributed by atoms with van der Waals surface area (Å²) in [6, 6.07) is 6.60. The van der Waals surface area contributed by atoms with E-state index in [1.807, 2.05) is 36.2 Å². The van der Waals surface area contributed by atoms with Crippen molar-refractivity contribution in [3.63, 3.8) is 0 Å². The maximum atomic E-state index is 4.22. The zero-order valence-corrected chi connectivity index (χ0v) is 7.68. The molecule has 2 nitrogen and oxygen atoms in total. The second-order valence-electron chi connectivity index (χ2n) is 2.92. The molecule has 0 bridgehead atoms. The second-order valence-corrected chi connectivity index (χ2v) is 4.07. The first-order chi connectivity index (χ1) is 5.95. The molecule has 2 heterocycles. The lowest BCUT2D eigenvalue weighted by Gasteiger charge is -2.10. The third-order valence-electron chi connectivity index (χ3n) is 1.95. The zero-order chi connectivity index (χ0) is 8.23. The second kappa shape index (κ2) is 3.81. The normalized spacial score (nSPS) is 22.5. The van der Waals surface area contributed by atoms with Gasteiger partial charge in [0.15, 0.2) is 0 Å². The monoisotopic (exact) mass is 180 g/mol. The van der Waals surface area contributed by atoms with Gasteiger partial charge < -0.3 is 5.32 Å². The third kappa shape index (κ3) is 1.91. The van der Waals surface area contributed by atoms with Gasteiger partial charge in [-0.25, -0.2) is 4.98 Å². The van der Waals surface area contributed by atoms with Crippen molar-refractivity contribution in [2.24, 2.45) is 0 Å². The number of pyridine rings is 1. The smallest absolute Gasteiger partial charge is 0.126 e. The van der Waals surface area contributed by atoms with E-state index < -0.39 is 0 Å². The molecule has 1 unspecified atom stereocenters. The standard InChI is InChI=1S/C9H12N2S/c1-2-5-10-9(3-1)11-8-4-6-12-7-8/h1-3,5,8H,4,6-7H2,(H,10,11). The van der Waals surface area contributed by atoms with Gasteiger partial charge in [0, 0.05) is 18.0 Å². The van der Waals surface area contributed by atoms with Gasteiger partial charge in [-0.3, -0.25) is 0 Å². The lowest BCUT2D eigenvalue weighted by molar-refractivity contribution is 0.807. The molecule has 3 heteroatoms. The van der Waals surface area contributed by atoms with Crippen LogP contribution in [0.3, 0.4) is 0 Å². The Morgan fingerprint density at radius 2 is 2.50 bits per heavy atom. The summed E-state index contributed by atoms with van der Waals surface area (Å²) < 4.78 is 0. The van der Waals surface area contributed by atoms with E-state index in [-0.39, 0.29) is 0 Å². The van der Waals surface area contributed by atoms with Crippen molar-refractivity contribution in [3.05, 3.63) is 24.4 Å². The Bertz CT molecular complexity index is 232. The number of thioether (sulfide) groups is 1. The predicted molar refractivity (Wildman–Crippen MR) is 53.6 cm³/mol. The first-order valence-corrected chi connectivity index (χ1v) is 5.36. The summed E-state index contributed by atoms with van der Waals surface area (Å²) in [4.78, 5) is 4.22. The van der Waals surface area contributed by atoms with Crippen LogP contribution >= 0.6 is 11.8 Å². The van der Waals surface area contributed by atoms with Crippen molar-refractivity contribution in [2.45, 2.75) is 12.5 Å². The number of hydrogen-bond donors (Lipinski definition) is 1. The number of nitrogens with one attached hydrogen (secondary N) is 1. The molecule has 1 aliphatic heterocycles. The molecular formula is C9H12N2S. The Kier molecular flexibility index (Phi) is 2.51. The van der Waals surface area contributed by atoms with Crippen LogP contribution in [0, 0.1) is 0 Å². The summed E-state index contributed by atoms with van der Waals surface area (Å²) in [7, 11) is 0. The largest absolute Gasteiger partial charge is 0.366 e. The summed E-state index contributed by atoms with van der Waals surface area (Å²) in [6.45, 7) is 0. The minimum Gasteiger partial charge on any atom is -0.366 e. The molecule has 1 atom stereocenters. The van der Waals surface area contributed by atoms with Crippen molar-refractivity contribution in [1.82, 2.24) is 4.98 Å². The van der Waals surface area contributed by atoms with Crippen molar-refractivity contribution in [1.29, 1.82) is 0 Å². The van der Waals surface area contributed by atoms with Crippen LogP contribution in [0.5, 0.6) is 0 Å². The summed E-state index contributed by atoms with van der Waals surface area (Å²) in [5.74, 6) is 3.51. The van der Waals surface area contributed by atoms with E-state index in [1.165, 1.54) is 17.9 Å². The zero-order valence-electron chi connectivity index (χ0n) is 6.86. The van der Waals surface area contributed by atoms with Gasteiger partial charge in [-0.15, -0.1) is 0 Å². The molecule has 1 fully saturated rings. The van der Waals surface area contributed by atoms with Crippen LogP contribution in [0.25, 0.3) is 0 Å². The molecule has 1 N–H and O–H groups in total. The molecule has 1 aromatic heterocycles. The molecule has 1 aliphatic rings. The molecule has 1 saturated heterocycles. The maximum Gasteiger partial charge on any atom is 0.126 e. The summed E-state index contributed by atoms with van der Waals surface area (Å²) in [5, 5.41) is 3.41. The van der Waals surface area contributed by atoms with Crippen LogP contribution in [-0.4, -0.2) is 22.5 Å². The molecular weight excluding hydrogens is 168 g/mol. The topological polar surface area (TPSA) is 24.9 Å². The van der Waals surface area contributed by atoms with Crippen LogP contribution in [0.2, 0.25) is 0 Å². The Balaban J connectivity index is 1.94. The predicted octanol–water partition coefficient (Wildman–Crippen LogP) is 2.00. The number of aromatic nitrogens is 1. The van der Waals surface area contributed by atoms with Crippen LogP contribution in [-0.2, 0) is 0 Å². The minimum absolute atomic E-state index is 0.630. The molecule has 1 aromatic rings. The Labute approximate surface area is 76.8 Å². The van der Waals surface area contributed by atoms with Gasteiger partial charge in [-0.2, -0.15) is 11.8 Å². The summed E-state index contributed by atoms with van der Waals surface area (Å²) in [6.07, 6.45) is 3.09. The Morgan fingerprint density at radius 3 is 3.17 bits per heavy atom.